The standard InChI is InChI=1S/C17H27ClN2O/c1-4-15(19)17(13-5-7-14(18)8-6-13)20-10-9-12(2)16(11-20)21-3/h5-8,12,15-17H,4,9-11,19H2,1-3H3. The predicted molar refractivity (Wildman–Crippen MR) is 88.6 cm³/mol. The third-order valence-electron chi connectivity index (χ3n) is 4.71. The first-order valence-corrected chi connectivity index (χ1v) is 8.22. The quantitative estimate of drug-likeness (QED) is 0.905. The van der Waals surface area contributed by atoms with Gasteiger partial charge in [0.25, 0.3) is 0 Å². The number of rotatable bonds is 5. The van der Waals surface area contributed by atoms with Gasteiger partial charge in [-0.05, 0) is 43.0 Å². The van der Waals surface area contributed by atoms with Crippen molar-refractivity contribution in [3.8, 4) is 0 Å². The molecule has 1 aromatic carbocycles. The molecule has 0 bridgehead atoms. The Morgan fingerprint density at radius 2 is 2.05 bits per heavy atom. The number of nitrogens with two attached hydrogens (primary N) is 1. The molecule has 0 amide bonds. The maximum atomic E-state index is 6.42. The van der Waals surface area contributed by atoms with E-state index in [4.69, 9.17) is 22.1 Å². The number of likely N-dealkylation sites (tertiary alicyclic amines) is 1. The SMILES string of the molecule is CCC(N)C(c1ccc(Cl)cc1)N1CCC(C)C(OC)C1. The van der Waals surface area contributed by atoms with Crippen molar-refractivity contribution in [2.24, 2.45) is 11.7 Å². The number of halogens is 1. The average molecular weight is 311 g/mol. The number of hydrogen-bond acceptors (Lipinski definition) is 3. The summed E-state index contributed by atoms with van der Waals surface area (Å²) in [7, 11) is 1.81. The highest BCUT2D eigenvalue weighted by atomic mass is 35.5. The molecule has 1 aliphatic heterocycles. The van der Waals surface area contributed by atoms with Crippen molar-refractivity contribution in [3.63, 3.8) is 0 Å². The largest absolute Gasteiger partial charge is 0.380 e. The molecule has 0 aliphatic carbocycles. The molecule has 21 heavy (non-hydrogen) atoms. The van der Waals surface area contributed by atoms with E-state index in [-0.39, 0.29) is 18.2 Å². The molecule has 4 atom stereocenters. The van der Waals surface area contributed by atoms with Gasteiger partial charge in [-0.15, -0.1) is 0 Å². The van der Waals surface area contributed by atoms with E-state index in [1.54, 1.807) is 0 Å². The molecule has 2 N–H and O–H groups in total. The monoisotopic (exact) mass is 310 g/mol. The minimum absolute atomic E-state index is 0.122. The average Bonchev–Trinajstić information content (AvgIpc) is 2.50. The molecule has 1 heterocycles. The van der Waals surface area contributed by atoms with Crippen molar-refractivity contribution in [1.82, 2.24) is 4.90 Å². The summed E-state index contributed by atoms with van der Waals surface area (Å²) in [4.78, 5) is 2.48. The van der Waals surface area contributed by atoms with Crippen LogP contribution in [0, 0.1) is 5.92 Å². The molecule has 3 nitrogen and oxygen atoms in total. The number of ether oxygens (including phenoxy) is 1. The highest BCUT2D eigenvalue weighted by Gasteiger charge is 2.33. The molecule has 0 saturated carbocycles. The van der Waals surface area contributed by atoms with Gasteiger partial charge in [0.1, 0.15) is 0 Å². The van der Waals surface area contributed by atoms with Gasteiger partial charge in [-0.1, -0.05) is 37.6 Å². The van der Waals surface area contributed by atoms with E-state index in [0.29, 0.717) is 5.92 Å². The number of hydrogen-bond donors (Lipinski definition) is 1. The van der Waals surface area contributed by atoms with Crippen LogP contribution >= 0.6 is 11.6 Å². The zero-order chi connectivity index (χ0) is 15.4. The van der Waals surface area contributed by atoms with Gasteiger partial charge < -0.3 is 10.5 Å². The molecule has 0 aromatic heterocycles. The summed E-state index contributed by atoms with van der Waals surface area (Å²) in [6.45, 7) is 6.43. The first-order chi connectivity index (χ1) is 10.1. The Hall–Kier alpha value is -0.610. The van der Waals surface area contributed by atoms with Crippen LogP contribution in [0.25, 0.3) is 0 Å². The molecule has 2 rings (SSSR count). The molecule has 118 valence electrons. The van der Waals surface area contributed by atoms with Crippen LogP contribution in [0.5, 0.6) is 0 Å². The van der Waals surface area contributed by atoms with Crippen molar-refractivity contribution in [1.29, 1.82) is 0 Å². The smallest absolute Gasteiger partial charge is 0.0724 e. The summed E-state index contributed by atoms with van der Waals surface area (Å²) < 4.78 is 5.65. The van der Waals surface area contributed by atoms with Gasteiger partial charge in [-0.3, -0.25) is 4.90 Å². The molecule has 0 radical (unpaired) electrons. The molecule has 4 unspecified atom stereocenters. The maximum absolute atomic E-state index is 6.42. The van der Waals surface area contributed by atoms with Gasteiger partial charge in [0, 0.05) is 30.8 Å². The van der Waals surface area contributed by atoms with Crippen molar-refractivity contribution in [3.05, 3.63) is 34.9 Å². The van der Waals surface area contributed by atoms with Crippen molar-refractivity contribution in [2.75, 3.05) is 20.2 Å². The second kappa shape index (κ2) is 7.59. The lowest BCUT2D eigenvalue weighted by Gasteiger charge is -2.42. The zero-order valence-corrected chi connectivity index (χ0v) is 14.0. The summed E-state index contributed by atoms with van der Waals surface area (Å²) >= 11 is 6.02. The Morgan fingerprint density at radius 1 is 1.38 bits per heavy atom. The van der Waals surface area contributed by atoms with Crippen LogP contribution in [0.3, 0.4) is 0 Å². The first kappa shape index (κ1) is 16.8. The fraction of sp³-hybridized carbons (Fsp3) is 0.647. The molecule has 1 aromatic rings. The van der Waals surface area contributed by atoms with Gasteiger partial charge in [0.05, 0.1) is 6.10 Å². The van der Waals surface area contributed by atoms with Crippen molar-refractivity contribution in [2.45, 2.75) is 44.9 Å². The van der Waals surface area contributed by atoms with E-state index in [2.05, 4.69) is 30.9 Å². The van der Waals surface area contributed by atoms with Crippen LogP contribution < -0.4 is 5.73 Å². The molecule has 1 saturated heterocycles. The van der Waals surface area contributed by atoms with Crippen molar-refractivity contribution < 1.29 is 4.74 Å². The molecule has 4 heteroatoms. The van der Waals surface area contributed by atoms with E-state index in [1.807, 2.05) is 19.2 Å². The van der Waals surface area contributed by atoms with E-state index >= 15 is 0 Å². The summed E-state index contributed by atoms with van der Waals surface area (Å²) in [5, 5.41) is 0.768. The Kier molecular flexibility index (Phi) is 6.06. The van der Waals surface area contributed by atoms with Crippen LogP contribution in [0.2, 0.25) is 5.02 Å². The molecular weight excluding hydrogens is 284 g/mol. The van der Waals surface area contributed by atoms with Gasteiger partial charge in [0.15, 0.2) is 0 Å². The minimum Gasteiger partial charge on any atom is -0.380 e. The summed E-state index contributed by atoms with van der Waals surface area (Å²) in [5.41, 5.74) is 7.67. The normalized spacial score (nSPS) is 26.5. The number of piperidine rings is 1. The lowest BCUT2D eigenvalue weighted by molar-refractivity contribution is -0.0234. The lowest BCUT2D eigenvalue weighted by Crippen LogP contribution is -2.49. The van der Waals surface area contributed by atoms with Gasteiger partial charge in [-0.25, -0.2) is 0 Å². The number of methoxy groups -OCH3 is 1. The fourth-order valence-corrected chi connectivity index (χ4v) is 3.36. The fourth-order valence-electron chi connectivity index (χ4n) is 3.23. The van der Waals surface area contributed by atoms with E-state index in [9.17, 15) is 0 Å². The topological polar surface area (TPSA) is 38.5 Å². The van der Waals surface area contributed by atoms with Crippen LogP contribution in [-0.4, -0.2) is 37.2 Å². The predicted octanol–water partition coefficient (Wildman–Crippen LogP) is 3.48. The van der Waals surface area contributed by atoms with E-state index in [1.165, 1.54) is 5.56 Å². The van der Waals surface area contributed by atoms with Crippen LogP contribution in [0.1, 0.15) is 38.3 Å². The van der Waals surface area contributed by atoms with E-state index in [0.717, 1.165) is 31.0 Å². The van der Waals surface area contributed by atoms with Crippen molar-refractivity contribution >= 4 is 11.6 Å². The Labute approximate surface area is 133 Å². The van der Waals surface area contributed by atoms with Gasteiger partial charge in [-0.2, -0.15) is 0 Å². The lowest BCUT2D eigenvalue weighted by atomic mass is 9.90. The second-order valence-corrected chi connectivity index (χ2v) is 6.54. The molecule has 1 fully saturated rings. The molecule has 0 spiro atoms. The third kappa shape index (κ3) is 3.98. The summed E-state index contributed by atoms with van der Waals surface area (Å²) in [6, 6.07) is 8.46. The van der Waals surface area contributed by atoms with E-state index < -0.39 is 0 Å². The molecular formula is C17H27ClN2O. The van der Waals surface area contributed by atoms with Gasteiger partial charge >= 0.3 is 0 Å². The maximum Gasteiger partial charge on any atom is 0.0724 e. The summed E-state index contributed by atoms with van der Waals surface area (Å²) in [6.07, 6.45) is 2.40. The highest BCUT2D eigenvalue weighted by Crippen LogP contribution is 2.31. The number of benzene rings is 1. The Morgan fingerprint density at radius 3 is 2.62 bits per heavy atom. The third-order valence-corrected chi connectivity index (χ3v) is 4.96. The highest BCUT2D eigenvalue weighted by molar-refractivity contribution is 6.30. The van der Waals surface area contributed by atoms with Crippen LogP contribution in [0.4, 0.5) is 0 Å². The van der Waals surface area contributed by atoms with Crippen LogP contribution in [-0.2, 0) is 4.74 Å². The Bertz CT molecular complexity index is 437. The second-order valence-electron chi connectivity index (χ2n) is 6.10. The molecule has 1 aliphatic rings. The first-order valence-electron chi connectivity index (χ1n) is 7.84. The Balaban J connectivity index is 2.22. The van der Waals surface area contributed by atoms with Crippen LogP contribution in [0.15, 0.2) is 24.3 Å². The zero-order valence-electron chi connectivity index (χ0n) is 13.3. The number of nitrogens with zero attached hydrogens (tertiary/aromatic N) is 1. The van der Waals surface area contributed by atoms with Gasteiger partial charge in [0.2, 0.25) is 0 Å². The summed E-state index contributed by atoms with van der Waals surface area (Å²) in [5.74, 6) is 0.606. The minimum atomic E-state index is 0.122.